The van der Waals surface area contributed by atoms with Crippen molar-refractivity contribution < 1.29 is 28.9 Å². The number of carboxylic acid groups (broad SMARTS) is 1. The molecule has 0 spiro atoms. The van der Waals surface area contributed by atoms with E-state index in [9.17, 15) is 19.4 Å². The summed E-state index contributed by atoms with van der Waals surface area (Å²) < 4.78 is 26.1. The van der Waals surface area contributed by atoms with Gasteiger partial charge >= 0.3 is 5.97 Å². The van der Waals surface area contributed by atoms with Crippen molar-refractivity contribution in [3.63, 3.8) is 0 Å². The molecule has 4 rings (SSSR count). The lowest BCUT2D eigenvalue weighted by Gasteiger charge is -2.28. The number of nitrogens with one attached hydrogen (secondary N) is 1. The van der Waals surface area contributed by atoms with Gasteiger partial charge in [0.25, 0.3) is 0 Å². The number of carboxylic acids is 1. The van der Waals surface area contributed by atoms with Crippen molar-refractivity contribution in [2.45, 2.75) is 76.5 Å². The Morgan fingerprint density at radius 2 is 2.11 bits per heavy atom. The number of pyridine rings is 1. The molecule has 38 heavy (non-hydrogen) atoms. The molecule has 2 aromatic rings. The van der Waals surface area contributed by atoms with Gasteiger partial charge in [0, 0.05) is 37.5 Å². The van der Waals surface area contributed by atoms with Crippen molar-refractivity contribution in [3.05, 3.63) is 52.5 Å². The van der Waals surface area contributed by atoms with Crippen molar-refractivity contribution in [2.24, 2.45) is 0 Å². The minimum Gasteiger partial charge on any atom is -0.493 e. The molecule has 3 heterocycles. The summed E-state index contributed by atoms with van der Waals surface area (Å²) in [5.74, 6) is -0.863. The molecule has 0 amide bonds. The van der Waals surface area contributed by atoms with E-state index in [0.29, 0.717) is 31.7 Å². The van der Waals surface area contributed by atoms with Gasteiger partial charge in [-0.3, -0.25) is 9.69 Å². The van der Waals surface area contributed by atoms with Crippen LogP contribution in [0.4, 0.5) is 10.2 Å². The van der Waals surface area contributed by atoms with E-state index >= 15 is 0 Å². The Bertz CT molecular complexity index is 1120. The molecule has 2 atom stereocenters. The van der Waals surface area contributed by atoms with Crippen molar-refractivity contribution in [2.75, 3.05) is 38.7 Å². The van der Waals surface area contributed by atoms with Gasteiger partial charge in [0.2, 0.25) is 0 Å². The summed E-state index contributed by atoms with van der Waals surface area (Å²) in [6.07, 6.45) is 6.80. The molecule has 1 aromatic heterocycles. The second kappa shape index (κ2) is 12.4. The van der Waals surface area contributed by atoms with Crippen LogP contribution in [-0.4, -0.2) is 65.5 Å². The van der Waals surface area contributed by atoms with Gasteiger partial charge in [-0.15, -0.1) is 0 Å². The Morgan fingerprint density at radius 3 is 2.84 bits per heavy atom. The first-order valence-electron chi connectivity index (χ1n) is 13.6. The lowest BCUT2D eigenvalue weighted by Crippen LogP contribution is -2.34. The van der Waals surface area contributed by atoms with Crippen LogP contribution < -0.4 is 10.1 Å². The van der Waals surface area contributed by atoms with Crippen molar-refractivity contribution in [1.82, 2.24) is 9.88 Å². The highest BCUT2D eigenvalue weighted by atomic mass is 19.1. The number of ether oxygens (including phenoxy) is 2. The minimum atomic E-state index is -1.32. The topological polar surface area (TPSA) is 104 Å². The Morgan fingerprint density at radius 1 is 1.29 bits per heavy atom. The molecule has 2 aliphatic heterocycles. The molecule has 1 fully saturated rings. The lowest BCUT2D eigenvalue weighted by molar-refractivity contribution is -0.143. The van der Waals surface area contributed by atoms with Crippen LogP contribution in [0.15, 0.2) is 24.3 Å². The monoisotopic (exact) mass is 529 g/mol. The van der Waals surface area contributed by atoms with E-state index in [-0.39, 0.29) is 17.4 Å². The quantitative estimate of drug-likeness (QED) is 0.347. The van der Waals surface area contributed by atoms with Gasteiger partial charge in [-0.2, -0.15) is 0 Å². The van der Waals surface area contributed by atoms with E-state index in [4.69, 9.17) is 14.5 Å². The molecule has 0 aliphatic carbocycles. The second-order valence-corrected chi connectivity index (χ2v) is 10.8. The van der Waals surface area contributed by atoms with E-state index in [2.05, 4.69) is 17.4 Å². The van der Waals surface area contributed by atoms with E-state index in [0.717, 1.165) is 56.6 Å². The van der Waals surface area contributed by atoms with Crippen LogP contribution in [-0.2, 0) is 28.0 Å². The average molecular weight is 530 g/mol. The third kappa shape index (κ3) is 6.81. The smallest absolute Gasteiger partial charge is 0.325 e. The lowest BCUT2D eigenvalue weighted by atomic mass is 9.93. The normalized spacial score (nSPS) is 18.6. The molecule has 0 saturated carbocycles. The van der Waals surface area contributed by atoms with Gasteiger partial charge in [0.1, 0.15) is 11.9 Å². The third-order valence-electron chi connectivity index (χ3n) is 7.44. The molecule has 0 bridgehead atoms. The summed E-state index contributed by atoms with van der Waals surface area (Å²) in [5, 5.41) is 23.9. The van der Waals surface area contributed by atoms with Gasteiger partial charge in [0.15, 0.2) is 11.6 Å². The minimum absolute atomic E-state index is 0.0847. The molecule has 1 unspecified atom stereocenters. The predicted molar refractivity (Wildman–Crippen MR) is 143 cm³/mol. The first-order valence-corrected chi connectivity index (χ1v) is 13.6. The number of nitrogens with zero attached hydrogens (tertiary/aromatic N) is 2. The number of aromatic nitrogens is 1. The SMILES string of the molecule is COc1c(F)cc(C(C)(C)O)cc1C(C(=O)O)N1CC[C@@H](OCCCCCc2ccc3c(n2)NCCC3)C1. The maximum atomic E-state index is 14.8. The summed E-state index contributed by atoms with van der Waals surface area (Å²) in [7, 11) is 1.32. The molecule has 1 saturated heterocycles. The van der Waals surface area contributed by atoms with Crippen molar-refractivity contribution >= 4 is 11.8 Å². The van der Waals surface area contributed by atoms with Crippen LogP contribution in [0.25, 0.3) is 0 Å². The van der Waals surface area contributed by atoms with Crippen LogP contribution in [0.1, 0.15) is 74.4 Å². The number of aliphatic hydroxyl groups is 1. The maximum Gasteiger partial charge on any atom is 0.325 e. The Labute approximate surface area is 224 Å². The number of methoxy groups -OCH3 is 1. The number of unbranched alkanes of at least 4 members (excludes halogenated alkanes) is 2. The van der Waals surface area contributed by atoms with Gasteiger partial charge in [0.05, 0.1) is 18.8 Å². The summed E-state index contributed by atoms with van der Waals surface area (Å²) in [5.41, 5.74) is 1.59. The summed E-state index contributed by atoms with van der Waals surface area (Å²) in [6.45, 7) is 5.62. The fourth-order valence-electron chi connectivity index (χ4n) is 5.34. The number of aliphatic carboxylic acids is 1. The first kappa shape index (κ1) is 28.3. The number of halogens is 1. The number of benzene rings is 1. The van der Waals surface area contributed by atoms with Gasteiger partial charge in [-0.05, 0) is 81.7 Å². The zero-order valence-corrected chi connectivity index (χ0v) is 22.6. The molecule has 8 nitrogen and oxygen atoms in total. The summed E-state index contributed by atoms with van der Waals surface area (Å²) in [6, 6.07) is 5.94. The molecule has 0 radical (unpaired) electrons. The van der Waals surface area contributed by atoms with Crippen LogP contribution >= 0.6 is 0 Å². The number of anilines is 1. The molecular weight excluding hydrogens is 489 g/mol. The molecule has 2 aliphatic rings. The standard InChI is InChI=1S/C29H40FN3O5/c1-29(2,36)20-16-23(26(37-3)24(30)17-20)25(28(34)35)33-14-12-22(18-33)38-15-6-4-5-9-21-11-10-19-8-7-13-31-27(19)32-21/h10-11,16-17,22,25,36H,4-9,12-15,18H2,1-3H3,(H,31,32)(H,34,35)/t22-,25?/m1/s1. The largest absolute Gasteiger partial charge is 0.493 e. The fraction of sp³-hybridized carbons (Fsp3) is 0.586. The van der Waals surface area contributed by atoms with Crippen molar-refractivity contribution in [3.8, 4) is 5.75 Å². The summed E-state index contributed by atoms with van der Waals surface area (Å²) in [4.78, 5) is 18.9. The molecule has 1 aromatic carbocycles. The number of hydrogen-bond acceptors (Lipinski definition) is 7. The van der Waals surface area contributed by atoms with E-state index in [1.165, 1.54) is 38.7 Å². The van der Waals surface area contributed by atoms with Crippen LogP contribution in [0.5, 0.6) is 5.75 Å². The molecule has 208 valence electrons. The Balaban J connectivity index is 1.27. The van der Waals surface area contributed by atoms with Gasteiger partial charge in [-0.1, -0.05) is 12.5 Å². The third-order valence-corrected chi connectivity index (χ3v) is 7.44. The van der Waals surface area contributed by atoms with Gasteiger partial charge < -0.3 is 25.0 Å². The highest BCUT2D eigenvalue weighted by Crippen LogP contribution is 2.37. The zero-order chi connectivity index (χ0) is 27.3. The number of rotatable bonds is 12. The number of hydrogen-bond donors (Lipinski definition) is 3. The first-order chi connectivity index (χ1) is 18.2. The number of fused-ring (bicyclic) bond motifs is 1. The van der Waals surface area contributed by atoms with Crippen LogP contribution in [0, 0.1) is 5.82 Å². The number of carbonyl (C=O) groups is 1. The van der Waals surface area contributed by atoms with E-state index in [1.807, 2.05) is 0 Å². The zero-order valence-electron chi connectivity index (χ0n) is 22.6. The second-order valence-electron chi connectivity index (χ2n) is 10.8. The molecule has 3 N–H and O–H groups in total. The highest BCUT2D eigenvalue weighted by Gasteiger charge is 2.37. The Hall–Kier alpha value is -2.75. The highest BCUT2D eigenvalue weighted by molar-refractivity contribution is 5.77. The number of aryl methyl sites for hydroxylation is 2. The Kier molecular flexibility index (Phi) is 9.23. The maximum absolute atomic E-state index is 14.8. The van der Waals surface area contributed by atoms with E-state index in [1.54, 1.807) is 4.90 Å². The molecular formula is C29H40FN3O5. The van der Waals surface area contributed by atoms with Crippen molar-refractivity contribution in [1.29, 1.82) is 0 Å². The van der Waals surface area contributed by atoms with Crippen LogP contribution in [0.3, 0.4) is 0 Å². The van der Waals surface area contributed by atoms with Gasteiger partial charge in [-0.25, -0.2) is 9.37 Å². The summed E-state index contributed by atoms with van der Waals surface area (Å²) >= 11 is 0. The molecule has 9 heteroatoms. The predicted octanol–water partition coefficient (Wildman–Crippen LogP) is 4.44. The van der Waals surface area contributed by atoms with Crippen LogP contribution in [0.2, 0.25) is 0 Å². The van der Waals surface area contributed by atoms with E-state index < -0.39 is 23.4 Å². The fourth-order valence-corrected chi connectivity index (χ4v) is 5.34. The average Bonchev–Trinajstić information content (AvgIpc) is 3.33. The number of likely N-dealkylation sites (tertiary alicyclic amines) is 1.